The normalized spacial score (nSPS) is 14.9. The molecule has 15 heavy (non-hydrogen) atoms. The molecule has 2 nitrogen and oxygen atoms in total. The van der Waals surface area contributed by atoms with Crippen molar-refractivity contribution in [1.82, 2.24) is 4.98 Å². The zero-order valence-electron chi connectivity index (χ0n) is 9.28. The highest BCUT2D eigenvalue weighted by Crippen LogP contribution is 2.24. The van der Waals surface area contributed by atoms with Gasteiger partial charge >= 0.3 is 0 Å². The summed E-state index contributed by atoms with van der Waals surface area (Å²) in [5, 5.41) is 9.90. The molecule has 84 valence electrons. The van der Waals surface area contributed by atoms with E-state index in [9.17, 15) is 9.50 Å². The second-order valence-corrected chi connectivity index (χ2v) is 3.77. The molecule has 0 aromatic carbocycles. The fourth-order valence-electron chi connectivity index (χ4n) is 1.78. The molecule has 0 fully saturated rings. The molecule has 0 amide bonds. The second kappa shape index (κ2) is 5.81. The Morgan fingerprint density at radius 3 is 2.60 bits per heavy atom. The van der Waals surface area contributed by atoms with Crippen molar-refractivity contribution < 1.29 is 9.50 Å². The van der Waals surface area contributed by atoms with E-state index in [1.165, 1.54) is 12.3 Å². The third-order valence-corrected chi connectivity index (χ3v) is 2.62. The Morgan fingerprint density at radius 1 is 1.40 bits per heavy atom. The minimum absolute atomic E-state index is 0.0190. The number of aliphatic hydroxyl groups excluding tert-OH is 1. The van der Waals surface area contributed by atoms with Gasteiger partial charge < -0.3 is 5.11 Å². The molecule has 0 saturated heterocycles. The van der Waals surface area contributed by atoms with Crippen LogP contribution in [0.25, 0.3) is 0 Å². The average molecular weight is 211 g/mol. The van der Waals surface area contributed by atoms with Crippen molar-refractivity contribution in [2.45, 2.75) is 45.1 Å². The Balaban J connectivity index is 2.77. The quantitative estimate of drug-likeness (QED) is 0.812. The van der Waals surface area contributed by atoms with Gasteiger partial charge in [0.1, 0.15) is 5.82 Å². The van der Waals surface area contributed by atoms with Crippen molar-refractivity contribution >= 4 is 0 Å². The summed E-state index contributed by atoms with van der Waals surface area (Å²) in [5.41, 5.74) is 0.778. The Bertz CT molecular complexity index is 286. The summed E-state index contributed by atoms with van der Waals surface area (Å²) in [7, 11) is 0. The summed E-state index contributed by atoms with van der Waals surface area (Å²) in [4.78, 5) is 4.02. The van der Waals surface area contributed by atoms with Gasteiger partial charge in [-0.15, -0.1) is 0 Å². The van der Waals surface area contributed by atoms with Gasteiger partial charge in [-0.1, -0.05) is 20.3 Å². The average Bonchev–Trinajstić information content (AvgIpc) is 2.22. The van der Waals surface area contributed by atoms with Gasteiger partial charge in [-0.3, -0.25) is 4.98 Å². The molecule has 2 unspecified atom stereocenters. The maximum absolute atomic E-state index is 12.7. The topological polar surface area (TPSA) is 33.1 Å². The van der Waals surface area contributed by atoms with Gasteiger partial charge in [0.25, 0.3) is 0 Å². The van der Waals surface area contributed by atoms with Gasteiger partial charge in [0.2, 0.25) is 0 Å². The zero-order chi connectivity index (χ0) is 11.3. The summed E-state index contributed by atoms with van der Waals surface area (Å²) in [6.45, 7) is 4.04. The van der Waals surface area contributed by atoms with Gasteiger partial charge in [0.15, 0.2) is 0 Å². The van der Waals surface area contributed by atoms with Crippen LogP contribution in [0.15, 0.2) is 18.3 Å². The summed E-state index contributed by atoms with van der Waals surface area (Å²) < 4.78 is 12.7. The van der Waals surface area contributed by atoms with Gasteiger partial charge in [0, 0.05) is 11.6 Å². The molecule has 0 aliphatic heterocycles. The van der Waals surface area contributed by atoms with Crippen molar-refractivity contribution in [3.05, 3.63) is 29.8 Å². The maximum atomic E-state index is 12.7. The summed E-state index contributed by atoms with van der Waals surface area (Å²) in [6.07, 6.45) is 3.35. The van der Waals surface area contributed by atoms with Crippen molar-refractivity contribution in [1.29, 1.82) is 0 Å². The molecule has 0 radical (unpaired) electrons. The molecule has 1 aromatic rings. The van der Waals surface area contributed by atoms with Crippen molar-refractivity contribution in [3.8, 4) is 0 Å². The Kier molecular flexibility index (Phi) is 4.69. The van der Waals surface area contributed by atoms with Crippen LogP contribution in [0.1, 0.15) is 44.7 Å². The molecule has 0 bridgehead atoms. The van der Waals surface area contributed by atoms with Crippen molar-refractivity contribution in [2.24, 2.45) is 0 Å². The first-order valence-electron chi connectivity index (χ1n) is 5.48. The molecular formula is C12H18FNO. The van der Waals surface area contributed by atoms with E-state index < -0.39 is 0 Å². The lowest BCUT2D eigenvalue weighted by Crippen LogP contribution is -2.18. The largest absolute Gasteiger partial charge is 0.392 e. The molecule has 0 spiro atoms. The highest BCUT2D eigenvalue weighted by molar-refractivity contribution is 5.11. The highest BCUT2D eigenvalue weighted by atomic mass is 19.1. The van der Waals surface area contributed by atoms with E-state index in [1.54, 1.807) is 6.07 Å². The van der Waals surface area contributed by atoms with Crippen LogP contribution in [-0.4, -0.2) is 16.2 Å². The number of pyridine rings is 1. The number of halogens is 1. The van der Waals surface area contributed by atoms with E-state index in [0.717, 1.165) is 25.0 Å². The van der Waals surface area contributed by atoms with Crippen molar-refractivity contribution in [3.63, 3.8) is 0 Å². The zero-order valence-corrected chi connectivity index (χ0v) is 9.28. The molecule has 0 saturated carbocycles. The minimum Gasteiger partial charge on any atom is -0.392 e. The Labute approximate surface area is 90.2 Å². The van der Waals surface area contributed by atoms with Gasteiger partial charge in [0.05, 0.1) is 12.3 Å². The van der Waals surface area contributed by atoms with E-state index >= 15 is 0 Å². The van der Waals surface area contributed by atoms with Crippen LogP contribution in [0.4, 0.5) is 4.39 Å². The lowest BCUT2D eigenvalue weighted by Gasteiger charge is -2.20. The van der Waals surface area contributed by atoms with Crippen LogP contribution in [0.3, 0.4) is 0 Å². The SMILES string of the molecule is CCCC(O)C(CC)c1ccc(F)cn1. The third kappa shape index (κ3) is 3.27. The molecule has 0 aliphatic carbocycles. The first kappa shape index (κ1) is 12.1. The fourth-order valence-corrected chi connectivity index (χ4v) is 1.78. The fraction of sp³-hybridized carbons (Fsp3) is 0.583. The maximum Gasteiger partial charge on any atom is 0.141 e. The number of nitrogens with zero attached hydrogens (tertiary/aromatic N) is 1. The molecular weight excluding hydrogens is 193 g/mol. The first-order valence-corrected chi connectivity index (χ1v) is 5.48. The van der Waals surface area contributed by atoms with Crippen molar-refractivity contribution in [2.75, 3.05) is 0 Å². The number of hydrogen-bond donors (Lipinski definition) is 1. The summed E-state index contributed by atoms with van der Waals surface area (Å²) >= 11 is 0. The lowest BCUT2D eigenvalue weighted by molar-refractivity contribution is 0.128. The molecule has 1 N–H and O–H groups in total. The minimum atomic E-state index is -0.377. The van der Waals surface area contributed by atoms with Crippen LogP contribution < -0.4 is 0 Å². The van der Waals surface area contributed by atoms with E-state index in [4.69, 9.17) is 0 Å². The van der Waals surface area contributed by atoms with Crippen LogP contribution in [-0.2, 0) is 0 Å². The number of aliphatic hydroxyl groups is 1. The lowest BCUT2D eigenvalue weighted by atomic mass is 9.92. The van der Waals surface area contributed by atoms with E-state index in [2.05, 4.69) is 4.98 Å². The number of hydrogen-bond acceptors (Lipinski definition) is 2. The first-order chi connectivity index (χ1) is 7.19. The monoisotopic (exact) mass is 211 g/mol. The Morgan fingerprint density at radius 2 is 2.13 bits per heavy atom. The van der Waals surface area contributed by atoms with Gasteiger partial charge in [-0.05, 0) is 25.0 Å². The summed E-state index contributed by atoms with van der Waals surface area (Å²) in [6, 6.07) is 3.05. The standard InChI is InChI=1S/C12H18FNO/c1-3-5-12(15)10(4-2)11-7-6-9(13)8-14-11/h6-8,10,12,15H,3-5H2,1-2H3. The predicted molar refractivity (Wildman–Crippen MR) is 58.1 cm³/mol. The number of aromatic nitrogens is 1. The molecule has 1 heterocycles. The third-order valence-electron chi connectivity index (χ3n) is 2.62. The highest BCUT2D eigenvalue weighted by Gasteiger charge is 2.19. The second-order valence-electron chi connectivity index (χ2n) is 3.77. The summed E-state index contributed by atoms with van der Waals surface area (Å²) in [5.74, 6) is -0.316. The van der Waals surface area contributed by atoms with Gasteiger partial charge in [-0.25, -0.2) is 4.39 Å². The predicted octanol–water partition coefficient (Wildman–Crippen LogP) is 2.88. The molecule has 1 aromatic heterocycles. The van der Waals surface area contributed by atoms with E-state index in [-0.39, 0.29) is 17.8 Å². The van der Waals surface area contributed by atoms with E-state index in [0.29, 0.717) is 0 Å². The smallest absolute Gasteiger partial charge is 0.141 e. The van der Waals surface area contributed by atoms with Crippen LogP contribution in [0.2, 0.25) is 0 Å². The van der Waals surface area contributed by atoms with Crippen LogP contribution in [0.5, 0.6) is 0 Å². The van der Waals surface area contributed by atoms with Crippen LogP contribution >= 0.6 is 0 Å². The van der Waals surface area contributed by atoms with E-state index in [1.807, 2.05) is 13.8 Å². The number of rotatable bonds is 5. The van der Waals surface area contributed by atoms with Gasteiger partial charge in [-0.2, -0.15) is 0 Å². The molecule has 2 atom stereocenters. The molecule has 0 aliphatic rings. The molecule has 1 rings (SSSR count). The Hall–Kier alpha value is -0.960. The van der Waals surface area contributed by atoms with Crippen LogP contribution in [0, 0.1) is 5.82 Å². The molecule has 3 heteroatoms.